The summed E-state index contributed by atoms with van der Waals surface area (Å²) >= 11 is 6.01. The van der Waals surface area contributed by atoms with Gasteiger partial charge in [0.05, 0.1) is 10.7 Å². The summed E-state index contributed by atoms with van der Waals surface area (Å²) in [6.45, 7) is 3.79. The van der Waals surface area contributed by atoms with Crippen LogP contribution < -0.4 is 5.46 Å². The maximum Gasteiger partial charge on any atom is 0.490 e. The highest BCUT2D eigenvalue weighted by Gasteiger charge is 2.09. The maximum atomic E-state index is 8.63. The minimum atomic E-state index is -1.41. The Labute approximate surface area is 146 Å². The van der Waals surface area contributed by atoms with Crippen molar-refractivity contribution in [3.05, 3.63) is 71.4 Å². The molecule has 2 N–H and O–H groups in total. The monoisotopic (exact) mass is 341 g/mol. The predicted molar refractivity (Wildman–Crippen MR) is 96.0 cm³/mol. The molecule has 3 aromatic heterocycles. The van der Waals surface area contributed by atoms with Gasteiger partial charge in [-0.25, -0.2) is 0 Å². The molecule has 0 aromatic carbocycles. The Morgan fingerprint density at radius 1 is 0.875 bits per heavy atom. The van der Waals surface area contributed by atoms with Crippen molar-refractivity contribution in [3.63, 3.8) is 0 Å². The second-order valence-electron chi connectivity index (χ2n) is 5.13. The lowest BCUT2D eigenvalue weighted by molar-refractivity contribution is 0.425. The van der Waals surface area contributed by atoms with E-state index < -0.39 is 7.12 Å². The first-order valence-electron chi connectivity index (χ1n) is 7.29. The summed E-state index contributed by atoms with van der Waals surface area (Å²) in [5.74, 6) is 0. The van der Waals surface area contributed by atoms with Gasteiger partial charge in [0.2, 0.25) is 0 Å². The number of hydrogen-bond donors (Lipinski definition) is 2. The van der Waals surface area contributed by atoms with Crippen LogP contribution in [0.15, 0.2) is 55.0 Å². The molecule has 0 fully saturated rings. The molecule has 0 saturated carbocycles. The van der Waals surface area contributed by atoms with Crippen LogP contribution >= 0.6 is 11.6 Å². The highest BCUT2D eigenvalue weighted by atomic mass is 35.5. The Balaban J connectivity index is 0.000000185. The molecule has 24 heavy (non-hydrogen) atoms. The third-order valence-corrected chi connectivity index (χ3v) is 3.48. The van der Waals surface area contributed by atoms with Gasteiger partial charge in [-0.1, -0.05) is 17.7 Å². The number of rotatable bonds is 2. The Morgan fingerprint density at radius 2 is 1.54 bits per heavy atom. The van der Waals surface area contributed by atoms with E-state index in [1.807, 2.05) is 38.1 Å². The Bertz CT molecular complexity index is 781. The molecule has 3 rings (SSSR count). The van der Waals surface area contributed by atoms with Gasteiger partial charge in [0, 0.05) is 41.0 Å². The van der Waals surface area contributed by atoms with Crippen molar-refractivity contribution < 1.29 is 10.0 Å². The summed E-state index contributed by atoms with van der Waals surface area (Å²) in [6, 6.07) is 10.9. The molecule has 0 saturated heterocycles. The van der Waals surface area contributed by atoms with E-state index >= 15 is 0 Å². The molecule has 0 radical (unpaired) electrons. The zero-order valence-corrected chi connectivity index (χ0v) is 14.1. The van der Waals surface area contributed by atoms with E-state index in [-0.39, 0.29) is 0 Å². The third kappa shape index (κ3) is 5.13. The van der Waals surface area contributed by atoms with Gasteiger partial charge in [-0.05, 0) is 44.2 Å². The second kappa shape index (κ2) is 8.54. The summed E-state index contributed by atoms with van der Waals surface area (Å²) in [4.78, 5) is 12.3. The van der Waals surface area contributed by atoms with Gasteiger partial charge in [0.1, 0.15) is 0 Å². The van der Waals surface area contributed by atoms with Gasteiger partial charge in [0.15, 0.2) is 0 Å². The van der Waals surface area contributed by atoms with Gasteiger partial charge in [-0.15, -0.1) is 0 Å². The average Bonchev–Trinajstić information content (AvgIpc) is 2.57. The van der Waals surface area contributed by atoms with E-state index in [0.717, 1.165) is 22.6 Å². The fraction of sp³-hybridized carbons (Fsp3) is 0.118. The number of aromatic nitrogens is 3. The molecule has 0 spiro atoms. The molecule has 0 bridgehead atoms. The number of hydrogen-bond acceptors (Lipinski definition) is 5. The van der Waals surface area contributed by atoms with Crippen LogP contribution in [-0.4, -0.2) is 32.1 Å². The summed E-state index contributed by atoms with van der Waals surface area (Å²) in [5.41, 5.74) is 4.00. The number of halogens is 1. The molecular formula is C17H17BClN3O2. The van der Waals surface area contributed by atoms with E-state index in [0.29, 0.717) is 10.5 Å². The molecule has 3 aromatic rings. The molecule has 7 heteroatoms. The van der Waals surface area contributed by atoms with Gasteiger partial charge >= 0.3 is 7.12 Å². The first-order valence-corrected chi connectivity index (χ1v) is 7.67. The average molecular weight is 342 g/mol. The van der Waals surface area contributed by atoms with Crippen molar-refractivity contribution in [2.45, 2.75) is 13.8 Å². The van der Waals surface area contributed by atoms with E-state index in [1.54, 1.807) is 24.5 Å². The van der Waals surface area contributed by atoms with Gasteiger partial charge < -0.3 is 10.0 Å². The zero-order chi connectivity index (χ0) is 17.5. The van der Waals surface area contributed by atoms with Crippen LogP contribution in [0.3, 0.4) is 0 Å². The normalized spacial score (nSPS) is 9.88. The smallest absolute Gasteiger partial charge is 0.423 e. The lowest BCUT2D eigenvalue weighted by Crippen LogP contribution is -2.29. The minimum Gasteiger partial charge on any atom is -0.423 e. The third-order valence-electron chi connectivity index (χ3n) is 3.18. The first-order chi connectivity index (χ1) is 11.5. The summed E-state index contributed by atoms with van der Waals surface area (Å²) < 4.78 is 0. The molecule has 5 nitrogen and oxygen atoms in total. The van der Waals surface area contributed by atoms with Crippen LogP contribution in [0, 0.1) is 13.8 Å². The molecule has 0 amide bonds. The lowest BCUT2D eigenvalue weighted by Gasteiger charge is -2.02. The molecule has 0 unspecified atom stereocenters. The van der Waals surface area contributed by atoms with Gasteiger partial charge in [-0.2, -0.15) is 0 Å². The van der Waals surface area contributed by atoms with Crippen molar-refractivity contribution in [3.8, 4) is 11.3 Å². The maximum absolute atomic E-state index is 8.63. The first kappa shape index (κ1) is 18.1. The van der Waals surface area contributed by atoms with Crippen LogP contribution in [0.4, 0.5) is 0 Å². The molecule has 122 valence electrons. The van der Waals surface area contributed by atoms with Crippen molar-refractivity contribution >= 4 is 24.2 Å². The fourth-order valence-electron chi connectivity index (χ4n) is 1.84. The van der Waals surface area contributed by atoms with Gasteiger partial charge in [0.25, 0.3) is 0 Å². The summed E-state index contributed by atoms with van der Waals surface area (Å²) in [5, 5.41) is 17.9. The van der Waals surface area contributed by atoms with E-state index in [1.165, 1.54) is 6.20 Å². The van der Waals surface area contributed by atoms with E-state index in [2.05, 4.69) is 15.0 Å². The van der Waals surface area contributed by atoms with Crippen LogP contribution in [0.25, 0.3) is 11.3 Å². The fourth-order valence-corrected chi connectivity index (χ4v) is 2.07. The molecule has 0 aliphatic rings. The van der Waals surface area contributed by atoms with Crippen molar-refractivity contribution in [1.82, 2.24) is 15.0 Å². The topological polar surface area (TPSA) is 79.1 Å². The van der Waals surface area contributed by atoms with Crippen molar-refractivity contribution in [2.24, 2.45) is 0 Å². The molecule has 0 aliphatic carbocycles. The molecule has 3 heterocycles. The molecular weight excluding hydrogens is 324 g/mol. The second-order valence-corrected chi connectivity index (χ2v) is 5.54. The molecule has 0 atom stereocenters. The van der Waals surface area contributed by atoms with E-state index in [9.17, 15) is 0 Å². The largest absolute Gasteiger partial charge is 0.490 e. The number of aryl methyl sites for hydroxylation is 2. The highest BCUT2D eigenvalue weighted by Crippen LogP contribution is 2.24. The quantitative estimate of drug-likeness (QED) is 0.698. The number of nitrogens with zero attached hydrogens (tertiary/aromatic N) is 3. The van der Waals surface area contributed by atoms with E-state index in [4.69, 9.17) is 21.6 Å². The molecule has 0 aliphatic heterocycles. The predicted octanol–water partition coefficient (Wildman–Crippen LogP) is 2.18. The number of pyridine rings is 3. The Hall–Kier alpha value is -2.28. The van der Waals surface area contributed by atoms with Crippen LogP contribution in [0.2, 0.25) is 5.02 Å². The van der Waals surface area contributed by atoms with Gasteiger partial charge in [-0.3, -0.25) is 15.0 Å². The van der Waals surface area contributed by atoms with Crippen molar-refractivity contribution in [2.75, 3.05) is 0 Å². The lowest BCUT2D eigenvalue weighted by atomic mass is 9.82. The summed E-state index contributed by atoms with van der Waals surface area (Å²) in [6.07, 6.45) is 4.95. The van der Waals surface area contributed by atoms with Crippen LogP contribution in [0.5, 0.6) is 0 Å². The zero-order valence-electron chi connectivity index (χ0n) is 13.4. The van der Waals surface area contributed by atoms with Crippen molar-refractivity contribution in [1.29, 1.82) is 0 Å². The Kier molecular flexibility index (Phi) is 6.43. The SMILES string of the molecule is Cc1ccc(-c2ncccc2Cl)cn1.Cc1ccc(B(O)O)cn1. The standard InChI is InChI=1S/C11H9ClN2.C6H8BNO2/c1-8-4-5-9(7-14-8)11-10(12)3-2-6-13-11;1-5-2-3-6(4-8-5)7(9)10/h2-7H,1H3;2-4,9-10H,1H3. The summed E-state index contributed by atoms with van der Waals surface area (Å²) in [7, 11) is -1.41. The Morgan fingerprint density at radius 3 is 2.04 bits per heavy atom. The van der Waals surface area contributed by atoms with Crippen LogP contribution in [0.1, 0.15) is 11.4 Å². The van der Waals surface area contributed by atoms with Crippen LogP contribution in [-0.2, 0) is 0 Å². The highest BCUT2D eigenvalue weighted by molar-refractivity contribution is 6.58. The minimum absolute atomic E-state index is 0.422.